The van der Waals surface area contributed by atoms with E-state index in [-0.39, 0.29) is 5.82 Å². The average molecular weight is 278 g/mol. The minimum Gasteiger partial charge on any atom is -0.329 e. The molecule has 0 atom stereocenters. The number of aromatic nitrogens is 4. The molecule has 0 amide bonds. The molecular formula is C11H11FN6S. The molecule has 0 fully saturated rings. The summed E-state index contributed by atoms with van der Waals surface area (Å²) in [5.74, 6) is 0.0575. The van der Waals surface area contributed by atoms with Gasteiger partial charge in [0.25, 0.3) is 0 Å². The van der Waals surface area contributed by atoms with Crippen molar-refractivity contribution in [1.82, 2.24) is 20.2 Å². The van der Waals surface area contributed by atoms with Crippen LogP contribution in [0.4, 0.5) is 4.39 Å². The van der Waals surface area contributed by atoms with Gasteiger partial charge < -0.3 is 5.73 Å². The predicted molar refractivity (Wildman–Crippen MR) is 67.5 cm³/mol. The Morgan fingerprint density at radius 1 is 1.47 bits per heavy atom. The zero-order valence-corrected chi connectivity index (χ0v) is 10.8. The number of hydrogen-bond acceptors (Lipinski definition) is 6. The number of thioether (sulfide) groups is 1. The Morgan fingerprint density at radius 2 is 2.32 bits per heavy atom. The Balaban J connectivity index is 2.12. The summed E-state index contributed by atoms with van der Waals surface area (Å²) < 4.78 is 14.7. The van der Waals surface area contributed by atoms with Crippen molar-refractivity contribution in [2.24, 2.45) is 5.73 Å². The molecule has 0 unspecified atom stereocenters. The highest BCUT2D eigenvalue weighted by molar-refractivity contribution is 7.98. The van der Waals surface area contributed by atoms with Crippen molar-refractivity contribution in [3.05, 3.63) is 35.1 Å². The molecule has 1 aromatic carbocycles. The third kappa shape index (κ3) is 3.27. The van der Waals surface area contributed by atoms with Crippen LogP contribution in [0, 0.1) is 17.1 Å². The zero-order chi connectivity index (χ0) is 13.7. The third-order valence-corrected chi connectivity index (χ3v) is 3.39. The van der Waals surface area contributed by atoms with Gasteiger partial charge in [-0.15, -0.1) is 5.10 Å². The molecule has 2 aromatic rings. The van der Waals surface area contributed by atoms with Crippen LogP contribution in [0.15, 0.2) is 23.4 Å². The van der Waals surface area contributed by atoms with E-state index in [2.05, 4.69) is 15.5 Å². The van der Waals surface area contributed by atoms with Crippen LogP contribution in [-0.4, -0.2) is 26.8 Å². The Kier molecular flexibility index (Phi) is 4.43. The molecule has 0 aliphatic rings. The molecule has 1 aromatic heterocycles. The smallest absolute Gasteiger partial charge is 0.209 e. The van der Waals surface area contributed by atoms with E-state index in [0.29, 0.717) is 35.1 Å². The number of halogens is 1. The summed E-state index contributed by atoms with van der Waals surface area (Å²) in [6, 6.07) is 6.12. The summed E-state index contributed by atoms with van der Waals surface area (Å²) in [5, 5.41) is 20.8. The van der Waals surface area contributed by atoms with Crippen molar-refractivity contribution in [2.75, 3.05) is 6.54 Å². The van der Waals surface area contributed by atoms with Crippen molar-refractivity contribution < 1.29 is 4.39 Å². The highest BCUT2D eigenvalue weighted by Gasteiger charge is 2.09. The lowest BCUT2D eigenvalue weighted by Crippen LogP contribution is -2.12. The van der Waals surface area contributed by atoms with Gasteiger partial charge in [0, 0.05) is 12.3 Å². The molecule has 6 nitrogen and oxygen atoms in total. The van der Waals surface area contributed by atoms with Crippen molar-refractivity contribution in [2.45, 2.75) is 17.5 Å². The molecular weight excluding hydrogens is 267 g/mol. The van der Waals surface area contributed by atoms with Crippen LogP contribution in [-0.2, 0) is 12.3 Å². The first kappa shape index (κ1) is 13.5. The van der Waals surface area contributed by atoms with Crippen LogP contribution >= 0.6 is 11.8 Å². The maximum atomic E-state index is 13.2. The molecule has 0 saturated carbocycles. The fourth-order valence-corrected chi connectivity index (χ4v) is 2.39. The molecule has 0 saturated heterocycles. The zero-order valence-electron chi connectivity index (χ0n) is 9.95. The van der Waals surface area contributed by atoms with E-state index in [1.165, 1.54) is 30.0 Å². The van der Waals surface area contributed by atoms with E-state index in [4.69, 9.17) is 11.0 Å². The first-order valence-electron chi connectivity index (χ1n) is 5.52. The van der Waals surface area contributed by atoms with Gasteiger partial charge in [0.05, 0.1) is 18.2 Å². The quantitative estimate of drug-likeness (QED) is 0.818. The lowest BCUT2D eigenvalue weighted by Gasteiger charge is -2.04. The molecule has 0 radical (unpaired) electrons. The van der Waals surface area contributed by atoms with Gasteiger partial charge in [-0.2, -0.15) is 5.26 Å². The summed E-state index contributed by atoms with van der Waals surface area (Å²) in [4.78, 5) is 0. The number of nitrogens with zero attached hydrogens (tertiary/aromatic N) is 5. The van der Waals surface area contributed by atoms with Crippen LogP contribution in [0.1, 0.15) is 11.1 Å². The van der Waals surface area contributed by atoms with Crippen LogP contribution in [0.2, 0.25) is 0 Å². The number of hydrogen-bond donors (Lipinski definition) is 1. The fourth-order valence-electron chi connectivity index (χ4n) is 1.50. The van der Waals surface area contributed by atoms with E-state index >= 15 is 0 Å². The summed E-state index contributed by atoms with van der Waals surface area (Å²) in [6.07, 6.45) is 0. The van der Waals surface area contributed by atoms with E-state index < -0.39 is 0 Å². The van der Waals surface area contributed by atoms with Gasteiger partial charge in [-0.3, -0.25) is 0 Å². The second-order valence-corrected chi connectivity index (χ2v) is 4.62. The second-order valence-electron chi connectivity index (χ2n) is 3.68. The first-order chi connectivity index (χ1) is 9.24. The molecule has 0 aliphatic carbocycles. The molecule has 1 heterocycles. The Hall–Kier alpha value is -1.98. The number of nitrogens with two attached hydrogens (primary N) is 1. The largest absolute Gasteiger partial charge is 0.329 e. The molecule has 0 aliphatic heterocycles. The molecule has 98 valence electrons. The van der Waals surface area contributed by atoms with Gasteiger partial charge in [-0.1, -0.05) is 11.8 Å². The van der Waals surface area contributed by atoms with Gasteiger partial charge in [0.2, 0.25) is 5.16 Å². The van der Waals surface area contributed by atoms with Crippen LogP contribution in [0.5, 0.6) is 0 Å². The third-order valence-electron chi connectivity index (χ3n) is 2.38. The number of tetrazole rings is 1. The van der Waals surface area contributed by atoms with E-state index in [9.17, 15) is 4.39 Å². The maximum Gasteiger partial charge on any atom is 0.209 e. The second kappa shape index (κ2) is 6.26. The molecule has 19 heavy (non-hydrogen) atoms. The highest BCUT2D eigenvalue weighted by atomic mass is 32.2. The minimum absolute atomic E-state index is 0.365. The summed E-state index contributed by atoms with van der Waals surface area (Å²) in [7, 11) is 0. The van der Waals surface area contributed by atoms with Crippen LogP contribution in [0.3, 0.4) is 0 Å². The summed E-state index contributed by atoms with van der Waals surface area (Å²) >= 11 is 1.34. The molecule has 0 bridgehead atoms. The van der Waals surface area contributed by atoms with Crippen molar-refractivity contribution >= 4 is 11.8 Å². The predicted octanol–water partition coefficient (Wildman–Crippen LogP) is 0.935. The van der Waals surface area contributed by atoms with Gasteiger partial charge in [0.1, 0.15) is 5.82 Å². The Morgan fingerprint density at radius 3 is 3.05 bits per heavy atom. The summed E-state index contributed by atoms with van der Waals surface area (Å²) in [6.45, 7) is 0.950. The Labute approximate surface area is 113 Å². The van der Waals surface area contributed by atoms with Gasteiger partial charge in [-0.25, -0.2) is 9.07 Å². The highest BCUT2D eigenvalue weighted by Crippen LogP contribution is 2.22. The minimum atomic E-state index is -0.365. The van der Waals surface area contributed by atoms with Crippen LogP contribution in [0.25, 0.3) is 0 Å². The van der Waals surface area contributed by atoms with Crippen molar-refractivity contribution in [3.63, 3.8) is 0 Å². The van der Waals surface area contributed by atoms with Crippen molar-refractivity contribution in [1.29, 1.82) is 5.26 Å². The Bertz CT molecular complexity index is 605. The van der Waals surface area contributed by atoms with Crippen molar-refractivity contribution in [3.8, 4) is 6.07 Å². The standard InChI is InChI=1S/C11H11FN6S/c12-10-2-1-8(6-14)9(5-10)7-19-11-15-16-17-18(11)4-3-13/h1-2,5H,3-4,7,13H2. The van der Waals surface area contributed by atoms with E-state index in [1.807, 2.05) is 6.07 Å². The number of nitriles is 1. The fraction of sp³-hybridized carbons (Fsp3) is 0.273. The maximum absolute atomic E-state index is 13.2. The topological polar surface area (TPSA) is 93.4 Å². The average Bonchev–Trinajstić information content (AvgIpc) is 2.84. The first-order valence-corrected chi connectivity index (χ1v) is 6.50. The van der Waals surface area contributed by atoms with Gasteiger partial charge in [-0.05, 0) is 34.2 Å². The molecule has 0 spiro atoms. The summed E-state index contributed by atoms with van der Waals surface area (Å²) in [5.41, 5.74) is 6.51. The lowest BCUT2D eigenvalue weighted by molar-refractivity contribution is 0.557. The van der Waals surface area contributed by atoms with Gasteiger partial charge in [0.15, 0.2) is 0 Å². The number of rotatable bonds is 5. The van der Waals surface area contributed by atoms with Crippen LogP contribution < -0.4 is 5.73 Å². The molecule has 2 rings (SSSR count). The normalized spacial score (nSPS) is 10.4. The SMILES string of the molecule is N#Cc1ccc(F)cc1CSc1nnnn1CCN. The molecule has 2 N–H and O–H groups in total. The van der Waals surface area contributed by atoms with E-state index in [0.717, 1.165) is 0 Å². The van der Waals surface area contributed by atoms with Gasteiger partial charge >= 0.3 is 0 Å². The van der Waals surface area contributed by atoms with E-state index in [1.54, 1.807) is 4.68 Å². The monoisotopic (exact) mass is 278 g/mol. The lowest BCUT2D eigenvalue weighted by atomic mass is 10.1. The molecule has 8 heteroatoms. The number of benzene rings is 1.